The van der Waals surface area contributed by atoms with Crippen LogP contribution in [0.15, 0.2) is 18.2 Å². The average Bonchev–Trinajstić information content (AvgIpc) is 2.57. The van der Waals surface area contributed by atoms with Crippen LogP contribution in [0.25, 0.3) is 0 Å². The smallest absolute Gasteiger partial charge is 0.199 e. The lowest BCUT2D eigenvalue weighted by Gasteiger charge is -2.26. The van der Waals surface area contributed by atoms with Crippen LogP contribution >= 0.6 is 0 Å². The molecule has 23 heavy (non-hydrogen) atoms. The van der Waals surface area contributed by atoms with Gasteiger partial charge in [-0.15, -0.1) is 0 Å². The van der Waals surface area contributed by atoms with Crippen LogP contribution in [-0.2, 0) is 9.47 Å². The highest BCUT2D eigenvalue weighted by Gasteiger charge is 2.20. The third-order valence-corrected chi connectivity index (χ3v) is 4.13. The SMILES string of the molecule is CC(=O)c1ccc(OC2CCCCO2)cc1OC1CCCCO1. The average molecular weight is 320 g/mol. The molecule has 0 N–H and O–H groups in total. The van der Waals surface area contributed by atoms with Crippen LogP contribution in [0.2, 0.25) is 0 Å². The quantitative estimate of drug-likeness (QED) is 0.774. The maximum Gasteiger partial charge on any atom is 0.199 e. The molecule has 0 aromatic heterocycles. The number of ketones is 1. The zero-order valence-corrected chi connectivity index (χ0v) is 13.6. The van der Waals surface area contributed by atoms with Crippen molar-refractivity contribution in [3.8, 4) is 11.5 Å². The van der Waals surface area contributed by atoms with Gasteiger partial charge in [-0.25, -0.2) is 0 Å². The van der Waals surface area contributed by atoms with Gasteiger partial charge >= 0.3 is 0 Å². The molecule has 2 fully saturated rings. The second-order valence-electron chi connectivity index (χ2n) is 6.04. The molecule has 2 atom stereocenters. The maximum absolute atomic E-state index is 11.8. The lowest BCUT2D eigenvalue weighted by Crippen LogP contribution is -2.26. The van der Waals surface area contributed by atoms with E-state index in [-0.39, 0.29) is 18.4 Å². The molecule has 2 aliphatic rings. The molecule has 2 unspecified atom stereocenters. The van der Waals surface area contributed by atoms with Gasteiger partial charge in [-0.05, 0) is 44.7 Å². The first-order chi connectivity index (χ1) is 11.2. The highest BCUT2D eigenvalue weighted by molar-refractivity contribution is 5.97. The van der Waals surface area contributed by atoms with E-state index in [1.54, 1.807) is 18.2 Å². The first kappa shape index (κ1) is 16.3. The molecule has 0 bridgehead atoms. The first-order valence-corrected chi connectivity index (χ1v) is 8.44. The Hall–Kier alpha value is -1.59. The fourth-order valence-corrected chi connectivity index (χ4v) is 2.87. The van der Waals surface area contributed by atoms with Crippen molar-refractivity contribution in [1.29, 1.82) is 0 Å². The Morgan fingerprint density at radius 2 is 1.65 bits per heavy atom. The van der Waals surface area contributed by atoms with Gasteiger partial charge in [-0.1, -0.05) is 0 Å². The Balaban J connectivity index is 1.73. The van der Waals surface area contributed by atoms with Gasteiger partial charge in [0.05, 0.1) is 18.8 Å². The Kier molecular flexibility index (Phi) is 5.51. The fourth-order valence-electron chi connectivity index (χ4n) is 2.87. The summed E-state index contributed by atoms with van der Waals surface area (Å²) in [7, 11) is 0. The van der Waals surface area contributed by atoms with E-state index < -0.39 is 0 Å². The lowest BCUT2D eigenvalue weighted by molar-refractivity contribution is -0.109. The van der Waals surface area contributed by atoms with E-state index in [2.05, 4.69) is 0 Å². The molecule has 2 heterocycles. The number of rotatable bonds is 5. The number of hydrogen-bond acceptors (Lipinski definition) is 5. The first-order valence-electron chi connectivity index (χ1n) is 8.44. The molecule has 1 aromatic rings. The molecule has 0 aliphatic carbocycles. The number of carbonyl (C=O) groups excluding carboxylic acids is 1. The van der Waals surface area contributed by atoms with Crippen LogP contribution in [-0.4, -0.2) is 31.6 Å². The van der Waals surface area contributed by atoms with E-state index in [9.17, 15) is 4.79 Å². The molecule has 0 saturated carbocycles. The third kappa shape index (κ3) is 4.45. The van der Waals surface area contributed by atoms with E-state index in [0.29, 0.717) is 23.7 Å². The lowest BCUT2D eigenvalue weighted by atomic mass is 10.1. The van der Waals surface area contributed by atoms with Gasteiger partial charge < -0.3 is 18.9 Å². The van der Waals surface area contributed by atoms with Crippen molar-refractivity contribution in [1.82, 2.24) is 0 Å². The van der Waals surface area contributed by atoms with Crippen LogP contribution in [0.4, 0.5) is 0 Å². The minimum Gasteiger partial charge on any atom is -0.465 e. The molecule has 126 valence electrons. The largest absolute Gasteiger partial charge is 0.465 e. The maximum atomic E-state index is 11.8. The second kappa shape index (κ2) is 7.79. The molecule has 5 heteroatoms. The predicted octanol–water partition coefficient (Wildman–Crippen LogP) is 3.70. The van der Waals surface area contributed by atoms with Gasteiger partial charge in [0.2, 0.25) is 0 Å². The Morgan fingerprint density at radius 1 is 1.00 bits per heavy atom. The van der Waals surface area contributed by atoms with Crippen molar-refractivity contribution in [2.75, 3.05) is 13.2 Å². The number of benzene rings is 1. The van der Waals surface area contributed by atoms with E-state index in [0.717, 1.165) is 45.1 Å². The summed E-state index contributed by atoms with van der Waals surface area (Å²) in [4.78, 5) is 11.8. The molecule has 1 aromatic carbocycles. The summed E-state index contributed by atoms with van der Waals surface area (Å²) in [6.07, 6.45) is 5.54. The predicted molar refractivity (Wildman–Crippen MR) is 84.9 cm³/mol. The van der Waals surface area contributed by atoms with Gasteiger partial charge in [-0.3, -0.25) is 4.79 Å². The molecule has 2 aliphatic heterocycles. The summed E-state index contributed by atoms with van der Waals surface area (Å²) in [6, 6.07) is 5.31. The van der Waals surface area contributed by atoms with Gasteiger partial charge in [0.15, 0.2) is 18.4 Å². The Labute approximate surface area is 136 Å². The molecule has 5 nitrogen and oxygen atoms in total. The Bertz CT molecular complexity index is 530. The van der Waals surface area contributed by atoms with Crippen molar-refractivity contribution in [2.45, 2.75) is 58.0 Å². The molecular formula is C18H24O5. The molecule has 0 radical (unpaired) electrons. The fraction of sp³-hybridized carbons (Fsp3) is 0.611. The molecule has 2 saturated heterocycles. The highest BCUT2D eigenvalue weighted by Crippen LogP contribution is 2.30. The number of carbonyl (C=O) groups is 1. The van der Waals surface area contributed by atoms with Gasteiger partial charge in [0, 0.05) is 18.9 Å². The van der Waals surface area contributed by atoms with Crippen LogP contribution in [0.1, 0.15) is 55.8 Å². The minimum atomic E-state index is -0.289. The zero-order chi connectivity index (χ0) is 16.1. The highest BCUT2D eigenvalue weighted by atomic mass is 16.7. The van der Waals surface area contributed by atoms with Crippen LogP contribution in [0.5, 0.6) is 11.5 Å². The second-order valence-corrected chi connectivity index (χ2v) is 6.04. The van der Waals surface area contributed by atoms with E-state index in [1.165, 1.54) is 6.92 Å². The summed E-state index contributed by atoms with van der Waals surface area (Å²) >= 11 is 0. The van der Waals surface area contributed by atoms with Gasteiger partial charge in [0.1, 0.15) is 11.5 Å². The van der Waals surface area contributed by atoms with Crippen molar-refractivity contribution in [3.63, 3.8) is 0 Å². The molecular weight excluding hydrogens is 296 g/mol. The summed E-state index contributed by atoms with van der Waals surface area (Å²) in [5.41, 5.74) is 0.552. The van der Waals surface area contributed by atoms with Crippen LogP contribution in [0, 0.1) is 0 Å². The van der Waals surface area contributed by atoms with Crippen molar-refractivity contribution < 1.29 is 23.7 Å². The number of ether oxygens (including phenoxy) is 4. The van der Waals surface area contributed by atoms with Gasteiger partial charge in [0.25, 0.3) is 0 Å². The normalized spacial score (nSPS) is 24.9. The van der Waals surface area contributed by atoms with Crippen molar-refractivity contribution in [2.24, 2.45) is 0 Å². The zero-order valence-electron chi connectivity index (χ0n) is 13.6. The number of hydrogen-bond donors (Lipinski definition) is 0. The molecule has 0 spiro atoms. The van der Waals surface area contributed by atoms with E-state index >= 15 is 0 Å². The Morgan fingerprint density at radius 3 is 2.22 bits per heavy atom. The molecule has 3 rings (SSSR count). The summed E-state index contributed by atoms with van der Waals surface area (Å²) < 4.78 is 23.0. The summed E-state index contributed by atoms with van der Waals surface area (Å²) in [5, 5.41) is 0. The van der Waals surface area contributed by atoms with E-state index in [1.807, 2.05) is 0 Å². The summed E-state index contributed by atoms with van der Waals surface area (Å²) in [6.45, 7) is 2.97. The van der Waals surface area contributed by atoms with Crippen molar-refractivity contribution >= 4 is 5.78 Å². The van der Waals surface area contributed by atoms with Crippen molar-refractivity contribution in [3.05, 3.63) is 23.8 Å². The minimum absolute atomic E-state index is 0.0312. The van der Waals surface area contributed by atoms with Gasteiger partial charge in [-0.2, -0.15) is 0 Å². The topological polar surface area (TPSA) is 54.0 Å². The standard InChI is InChI=1S/C18H24O5/c1-13(19)15-9-8-14(22-17-6-2-4-10-20-17)12-16(15)23-18-7-3-5-11-21-18/h8-9,12,17-18H,2-7,10-11H2,1H3. The molecule has 0 amide bonds. The number of Topliss-reactive ketones (excluding diaryl/α,β-unsaturated/α-hetero) is 1. The monoisotopic (exact) mass is 320 g/mol. The third-order valence-electron chi connectivity index (χ3n) is 4.13. The summed E-state index contributed by atoms with van der Waals surface area (Å²) in [5.74, 6) is 1.15. The van der Waals surface area contributed by atoms with Crippen LogP contribution in [0.3, 0.4) is 0 Å². The van der Waals surface area contributed by atoms with E-state index in [4.69, 9.17) is 18.9 Å². The van der Waals surface area contributed by atoms with Crippen LogP contribution < -0.4 is 9.47 Å².